The Morgan fingerprint density at radius 3 is 2.40 bits per heavy atom. The van der Waals surface area contributed by atoms with E-state index in [0.29, 0.717) is 11.6 Å². The van der Waals surface area contributed by atoms with Crippen molar-refractivity contribution >= 4 is 30.5 Å². The van der Waals surface area contributed by atoms with Crippen molar-refractivity contribution in [1.29, 1.82) is 0 Å². The largest absolute Gasteiger partial charge is 0.398 e. The summed E-state index contributed by atoms with van der Waals surface area (Å²) in [5.41, 5.74) is 13.0. The highest BCUT2D eigenvalue weighted by Crippen LogP contribution is 2.40. The minimum atomic E-state index is -0.264. The number of benzene rings is 1. The van der Waals surface area contributed by atoms with Crippen molar-refractivity contribution in [2.45, 2.75) is 18.9 Å². The van der Waals surface area contributed by atoms with Crippen molar-refractivity contribution in [3.63, 3.8) is 0 Å². The summed E-state index contributed by atoms with van der Waals surface area (Å²) in [6, 6.07) is 4.29. The van der Waals surface area contributed by atoms with E-state index in [4.69, 9.17) is 11.5 Å². The molecule has 0 radical (unpaired) electrons. The van der Waals surface area contributed by atoms with E-state index in [-0.39, 0.29) is 36.7 Å². The molecule has 0 aromatic heterocycles. The van der Waals surface area contributed by atoms with Crippen LogP contribution in [0.3, 0.4) is 0 Å². The Morgan fingerprint density at radius 2 is 1.87 bits per heavy atom. The Labute approximate surface area is 101 Å². The highest BCUT2D eigenvalue weighted by molar-refractivity contribution is 5.85. The predicted molar refractivity (Wildman–Crippen MR) is 65.0 cm³/mol. The highest BCUT2D eigenvalue weighted by Gasteiger charge is 2.30. The average Bonchev–Trinajstić information content (AvgIpc) is 2.91. The lowest BCUT2D eigenvalue weighted by molar-refractivity contribution is 0.603. The van der Waals surface area contributed by atoms with Crippen molar-refractivity contribution < 1.29 is 4.39 Å². The monoisotopic (exact) mass is 252 g/mol. The summed E-state index contributed by atoms with van der Waals surface area (Å²) in [6.07, 6.45) is 2.27. The average molecular weight is 253 g/mol. The molecule has 86 valence electrons. The van der Waals surface area contributed by atoms with E-state index in [0.717, 1.165) is 18.4 Å². The predicted octanol–water partition coefficient (Wildman–Crippen LogP) is 2.66. The lowest BCUT2D eigenvalue weighted by atomic mass is 10.0. The maximum absolute atomic E-state index is 12.9. The summed E-state index contributed by atoms with van der Waals surface area (Å²) >= 11 is 0. The first-order valence-corrected chi connectivity index (χ1v) is 4.49. The Hall–Kier alpha value is -0.510. The van der Waals surface area contributed by atoms with Gasteiger partial charge in [0.15, 0.2) is 0 Å². The molecule has 2 rings (SSSR count). The molecule has 1 unspecified atom stereocenters. The van der Waals surface area contributed by atoms with E-state index in [1.807, 2.05) is 0 Å². The highest BCUT2D eigenvalue weighted by atomic mass is 35.5. The van der Waals surface area contributed by atoms with Crippen LogP contribution >= 0.6 is 24.8 Å². The maximum Gasteiger partial charge on any atom is 0.123 e. The summed E-state index contributed by atoms with van der Waals surface area (Å²) in [5, 5.41) is 0. The quantitative estimate of drug-likeness (QED) is 0.796. The van der Waals surface area contributed by atoms with Gasteiger partial charge in [-0.3, -0.25) is 0 Å². The third-order valence-corrected chi connectivity index (χ3v) is 2.54. The van der Waals surface area contributed by atoms with E-state index < -0.39 is 0 Å². The second-order valence-corrected chi connectivity index (χ2v) is 3.64. The van der Waals surface area contributed by atoms with E-state index >= 15 is 0 Å². The van der Waals surface area contributed by atoms with Crippen LogP contribution in [0.4, 0.5) is 10.1 Å². The van der Waals surface area contributed by atoms with Crippen LogP contribution in [0.25, 0.3) is 0 Å². The van der Waals surface area contributed by atoms with Crippen LogP contribution in [0.2, 0.25) is 0 Å². The molecule has 1 aliphatic carbocycles. The zero-order chi connectivity index (χ0) is 9.42. The summed E-state index contributed by atoms with van der Waals surface area (Å²) in [6.45, 7) is 0. The van der Waals surface area contributed by atoms with Gasteiger partial charge in [-0.1, -0.05) is 0 Å². The molecule has 1 saturated carbocycles. The number of rotatable bonds is 2. The Kier molecular flexibility index (Phi) is 5.35. The molecule has 1 aromatic carbocycles. The van der Waals surface area contributed by atoms with E-state index in [1.165, 1.54) is 12.1 Å². The Morgan fingerprint density at radius 1 is 1.27 bits per heavy atom. The minimum absolute atomic E-state index is 0. The van der Waals surface area contributed by atoms with Gasteiger partial charge in [0.1, 0.15) is 5.82 Å². The van der Waals surface area contributed by atoms with Gasteiger partial charge in [0.05, 0.1) is 0 Å². The van der Waals surface area contributed by atoms with Crippen LogP contribution < -0.4 is 11.5 Å². The van der Waals surface area contributed by atoms with Crippen LogP contribution in [0, 0.1) is 11.7 Å². The summed E-state index contributed by atoms with van der Waals surface area (Å²) < 4.78 is 12.9. The molecule has 0 aliphatic heterocycles. The molecule has 2 nitrogen and oxygen atoms in total. The summed E-state index contributed by atoms with van der Waals surface area (Å²) in [5.74, 6) is 0.240. The van der Waals surface area contributed by atoms with Crippen molar-refractivity contribution in [3.8, 4) is 0 Å². The first-order chi connectivity index (χ1) is 6.18. The molecule has 5 heteroatoms. The zero-order valence-corrected chi connectivity index (χ0v) is 9.78. The van der Waals surface area contributed by atoms with Crippen LogP contribution in [0.1, 0.15) is 24.4 Å². The SMILES string of the molecule is Cl.Cl.Nc1ccc(F)cc1C(N)C1CC1. The molecule has 0 amide bonds. The second-order valence-electron chi connectivity index (χ2n) is 3.64. The third kappa shape index (κ3) is 3.23. The van der Waals surface area contributed by atoms with Gasteiger partial charge in [-0.05, 0) is 42.5 Å². The van der Waals surface area contributed by atoms with Crippen LogP contribution in [-0.4, -0.2) is 0 Å². The fourth-order valence-electron chi connectivity index (χ4n) is 1.54. The van der Waals surface area contributed by atoms with Gasteiger partial charge in [0.25, 0.3) is 0 Å². The summed E-state index contributed by atoms with van der Waals surface area (Å²) in [4.78, 5) is 0. The van der Waals surface area contributed by atoms with Gasteiger partial charge in [-0.25, -0.2) is 4.39 Å². The number of nitrogen functional groups attached to an aromatic ring is 1. The topological polar surface area (TPSA) is 52.0 Å². The summed E-state index contributed by atoms with van der Waals surface area (Å²) in [7, 11) is 0. The van der Waals surface area contributed by atoms with Crippen LogP contribution in [0.5, 0.6) is 0 Å². The van der Waals surface area contributed by atoms with Gasteiger partial charge in [-0.2, -0.15) is 0 Å². The first-order valence-electron chi connectivity index (χ1n) is 4.49. The smallest absolute Gasteiger partial charge is 0.123 e. The molecule has 15 heavy (non-hydrogen) atoms. The molecule has 1 aliphatic rings. The molecular weight excluding hydrogens is 238 g/mol. The minimum Gasteiger partial charge on any atom is -0.398 e. The first kappa shape index (κ1) is 14.5. The standard InChI is InChI=1S/C10H13FN2.2ClH/c11-7-3-4-9(12)8(5-7)10(13)6-1-2-6;;/h3-6,10H,1-2,12-13H2;2*1H. The van der Waals surface area contributed by atoms with Crippen molar-refractivity contribution in [2.24, 2.45) is 11.7 Å². The molecule has 1 fully saturated rings. The number of halogens is 3. The Bertz CT molecular complexity index is 329. The molecule has 1 atom stereocenters. The lowest BCUT2D eigenvalue weighted by Crippen LogP contribution is -2.14. The molecule has 0 saturated heterocycles. The van der Waals surface area contributed by atoms with Crippen molar-refractivity contribution in [3.05, 3.63) is 29.6 Å². The van der Waals surface area contributed by atoms with Crippen molar-refractivity contribution in [1.82, 2.24) is 0 Å². The molecule has 0 bridgehead atoms. The van der Waals surface area contributed by atoms with Gasteiger partial charge < -0.3 is 11.5 Å². The number of anilines is 1. The van der Waals surface area contributed by atoms with Crippen molar-refractivity contribution in [2.75, 3.05) is 5.73 Å². The normalized spacial score (nSPS) is 16.1. The molecule has 4 N–H and O–H groups in total. The van der Waals surface area contributed by atoms with Crippen LogP contribution in [0.15, 0.2) is 18.2 Å². The number of hydrogen-bond acceptors (Lipinski definition) is 2. The van der Waals surface area contributed by atoms with Crippen LogP contribution in [-0.2, 0) is 0 Å². The molecule has 0 heterocycles. The van der Waals surface area contributed by atoms with E-state index in [9.17, 15) is 4.39 Å². The fraction of sp³-hybridized carbons (Fsp3) is 0.400. The van der Waals surface area contributed by atoms with Gasteiger partial charge >= 0.3 is 0 Å². The maximum atomic E-state index is 12.9. The van der Waals surface area contributed by atoms with E-state index in [1.54, 1.807) is 6.07 Å². The molecular formula is C10H15Cl2FN2. The second kappa shape index (κ2) is 5.54. The molecule has 1 aromatic rings. The number of nitrogens with two attached hydrogens (primary N) is 2. The third-order valence-electron chi connectivity index (χ3n) is 2.54. The van der Waals surface area contributed by atoms with E-state index in [2.05, 4.69) is 0 Å². The lowest BCUT2D eigenvalue weighted by Gasteiger charge is -2.13. The number of hydrogen-bond donors (Lipinski definition) is 2. The van der Waals surface area contributed by atoms with Gasteiger partial charge in [0, 0.05) is 11.7 Å². The Balaban J connectivity index is 0.000000980. The van der Waals surface area contributed by atoms with Gasteiger partial charge in [-0.15, -0.1) is 24.8 Å². The fourth-order valence-corrected chi connectivity index (χ4v) is 1.54. The molecule has 0 spiro atoms. The zero-order valence-electron chi connectivity index (χ0n) is 8.15. The van der Waals surface area contributed by atoms with Gasteiger partial charge in [0.2, 0.25) is 0 Å².